The first kappa shape index (κ1) is 10.6. The van der Waals surface area contributed by atoms with Crippen molar-refractivity contribution in [2.45, 2.75) is 32.8 Å². The van der Waals surface area contributed by atoms with Crippen molar-refractivity contribution in [3.8, 4) is 0 Å². The largest absolute Gasteiger partial charge is 0.391 e. The Morgan fingerprint density at radius 1 is 1.27 bits per heavy atom. The number of hydrogen-bond donors (Lipinski definition) is 1. The molecule has 1 aliphatic carbocycles. The molecule has 1 N–H and O–H groups in total. The molecule has 0 spiro atoms. The van der Waals surface area contributed by atoms with E-state index in [2.05, 4.69) is 0 Å². The summed E-state index contributed by atoms with van der Waals surface area (Å²) in [4.78, 5) is 24.6. The Morgan fingerprint density at radius 2 is 1.73 bits per heavy atom. The molecule has 1 saturated carbocycles. The molecule has 2 aliphatic rings. The molecule has 1 aliphatic heterocycles. The number of aliphatic hydroxyl groups excluding tert-OH is 1. The van der Waals surface area contributed by atoms with Gasteiger partial charge in [-0.15, -0.1) is 0 Å². The lowest BCUT2D eigenvalue weighted by atomic mass is 10.00. The summed E-state index contributed by atoms with van der Waals surface area (Å²) >= 11 is 0. The molecule has 0 aromatic heterocycles. The van der Waals surface area contributed by atoms with Crippen LogP contribution in [0.1, 0.15) is 26.7 Å². The van der Waals surface area contributed by atoms with Crippen LogP contribution in [0.25, 0.3) is 0 Å². The van der Waals surface area contributed by atoms with Gasteiger partial charge in [-0.05, 0) is 18.8 Å². The van der Waals surface area contributed by atoms with Crippen molar-refractivity contribution in [2.24, 2.45) is 17.8 Å². The molecule has 0 aromatic carbocycles. The summed E-state index contributed by atoms with van der Waals surface area (Å²) < 4.78 is 0. The van der Waals surface area contributed by atoms with Gasteiger partial charge in [0.1, 0.15) is 0 Å². The lowest BCUT2D eigenvalue weighted by molar-refractivity contribution is -0.141. The summed E-state index contributed by atoms with van der Waals surface area (Å²) in [7, 11) is 0. The molecular formula is C11H17NO3. The highest BCUT2D eigenvalue weighted by atomic mass is 16.3. The SMILES string of the molecule is CC1C(=O)N(CC(O)C2CC2)C(=O)C1C. The third kappa shape index (κ3) is 1.78. The molecule has 4 heteroatoms. The van der Waals surface area contributed by atoms with E-state index in [1.54, 1.807) is 13.8 Å². The summed E-state index contributed by atoms with van der Waals surface area (Å²) in [5.41, 5.74) is 0. The van der Waals surface area contributed by atoms with Gasteiger partial charge in [0.25, 0.3) is 0 Å². The molecule has 0 aromatic rings. The summed E-state index contributed by atoms with van der Waals surface area (Å²) in [5.74, 6) is -0.427. The molecule has 3 unspecified atom stereocenters. The maximum Gasteiger partial charge on any atom is 0.232 e. The second kappa shape index (κ2) is 3.59. The van der Waals surface area contributed by atoms with Crippen molar-refractivity contribution in [3.63, 3.8) is 0 Å². The van der Waals surface area contributed by atoms with Crippen LogP contribution in [0.3, 0.4) is 0 Å². The number of rotatable bonds is 3. The second-order valence-electron chi connectivity index (χ2n) is 4.77. The van der Waals surface area contributed by atoms with Crippen LogP contribution >= 0.6 is 0 Å². The Morgan fingerprint density at radius 3 is 2.13 bits per heavy atom. The number of carbonyl (C=O) groups is 2. The van der Waals surface area contributed by atoms with Gasteiger partial charge >= 0.3 is 0 Å². The summed E-state index contributed by atoms with van der Waals surface area (Å²) in [6.07, 6.45) is 1.51. The maximum atomic E-state index is 11.7. The third-order valence-corrected chi connectivity index (χ3v) is 3.60. The van der Waals surface area contributed by atoms with Crippen LogP contribution in [0.15, 0.2) is 0 Å². The van der Waals surface area contributed by atoms with Gasteiger partial charge in [0, 0.05) is 11.8 Å². The molecule has 15 heavy (non-hydrogen) atoms. The first-order valence-electron chi connectivity index (χ1n) is 5.55. The van der Waals surface area contributed by atoms with Crippen molar-refractivity contribution >= 4 is 11.8 Å². The Labute approximate surface area is 89.3 Å². The van der Waals surface area contributed by atoms with Crippen molar-refractivity contribution in [1.29, 1.82) is 0 Å². The number of aliphatic hydroxyl groups is 1. The van der Waals surface area contributed by atoms with Crippen molar-refractivity contribution in [3.05, 3.63) is 0 Å². The fourth-order valence-electron chi connectivity index (χ4n) is 2.03. The van der Waals surface area contributed by atoms with Crippen LogP contribution in [0.5, 0.6) is 0 Å². The lowest BCUT2D eigenvalue weighted by Crippen LogP contribution is -2.38. The standard InChI is InChI=1S/C11H17NO3/c1-6-7(2)11(15)12(10(6)14)5-9(13)8-3-4-8/h6-9,13H,3-5H2,1-2H3. The molecule has 2 rings (SSSR count). The van der Waals surface area contributed by atoms with Crippen LogP contribution in [0.4, 0.5) is 0 Å². The second-order valence-corrected chi connectivity index (χ2v) is 4.77. The molecular weight excluding hydrogens is 194 g/mol. The minimum Gasteiger partial charge on any atom is -0.391 e. The molecule has 1 heterocycles. The zero-order valence-corrected chi connectivity index (χ0v) is 9.14. The quantitative estimate of drug-likeness (QED) is 0.687. The number of hydrogen-bond acceptors (Lipinski definition) is 3. The predicted octanol–water partition coefficient (Wildman–Crippen LogP) is 0.398. The highest BCUT2D eigenvalue weighted by molar-refractivity contribution is 6.04. The lowest BCUT2D eigenvalue weighted by Gasteiger charge is -2.18. The number of β-amino-alcohol motifs (C(OH)–C–C–N with tert-alkyl or cyclic N) is 1. The molecule has 0 radical (unpaired) electrons. The first-order chi connectivity index (χ1) is 7.02. The van der Waals surface area contributed by atoms with Gasteiger partial charge in [0.05, 0.1) is 12.6 Å². The van der Waals surface area contributed by atoms with Crippen molar-refractivity contribution < 1.29 is 14.7 Å². The predicted molar refractivity (Wildman–Crippen MR) is 53.8 cm³/mol. The van der Waals surface area contributed by atoms with E-state index in [1.807, 2.05) is 0 Å². The fourth-order valence-corrected chi connectivity index (χ4v) is 2.03. The van der Waals surface area contributed by atoms with E-state index in [9.17, 15) is 14.7 Å². The average Bonchev–Trinajstić information content (AvgIpc) is 3.02. The van der Waals surface area contributed by atoms with Gasteiger partial charge in [0.2, 0.25) is 11.8 Å². The smallest absolute Gasteiger partial charge is 0.232 e. The summed E-state index contributed by atoms with van der Waals surface area (Å²) in [5, 5.41) is 9.71. The van der Waals surface area contributed by atoms with Gasteiger partial charge in [0.15, 0.2) is 0 Å². The summed E-state index contributed by atoms with van der Waals surface area (Å²) in [6, 6.07) is 0. The van der Waals surface area contributed by atoms with Crippen LogP contribution in [0, 0.1) is 17.8 Å². The zero-order valence-electron chi connectivity index (χ0n) is 9.14. The summed E-state index contributed by atoms with van der Waals surface area (Å²) in [6.45, 7) is 3.74. The molecule has 4 nitrogen and oxygen atoms in total. The van der Waals surface area contributed by atoms with E-state index < -0.39 is 6.10 Å². The van der Waals surface area contributed by atoms with Crippen LogP contribution < -0.4 is 0 Å². The van der Waals surface area contributed by atoms with Crippen LogP contribution in [0.2, 0.25) is 0 Å². The Kier molecular flexibility index (Phi) is 2.54. The number of carbonyl (C=O) groups excluding carboxylic acids is 2. The van der Waals surface area contributed by atoms with Gasteiger partial charge in [-0.2, -0.15) is 0 Å². The normalized spacial score (nSPS) is 33.7. The van der Waals surface area contributed by atoms with Gasteiger partial charge < -0.3 is 5.11 Å². The Balaban J connectivity index is 2.02. The van der Waals surface area contributed by atoms with E-state index >= 15 is 0 Å². The minimum atomic E-state index is -0.518. The van der Waals surface area contributed by atoms with Crippen molar-refractivity contribution in [1.82, 2.24) is 4.90 Å². The Bertz CT molecular complexity index is 278. The average molecular weight is 211 g/mol. The zero-order chi connectivity index (χ0) is 11.2. The number of imide groups is 1. The molecule has 0 bridgehead atoms. The van der Waals surface area contributed by atoms with E-state index in [4.69, 9.17) is 0 Å². The minimum absolute atomic E-state index is 0.132. The van der Waals surface area contributed by atoms with Gasteiger partial charge in [-0.1, -0.05) is 13.8 Å². The monoisotopic (exact) mass is 211 g/mol. The Hall–Kier alpha value is -0.900. The number of likely N-dealkylation sites (tertiary alicyclic amines) is 1. The first-order valence-corrected chi connectivity index (χ1v) is 5.55. The number of nitrogens with zero attached hydrogens (tertiary/aromatic N) is 1. The maximum absolute atomic E-state index is 11.7. The van der Waals surface area contributed by atoms with E-state index in [0.717, 1.165) is 12.8 Å². The van der Waals surface area contributed by atoms with E-state index in [-0.39, 0.29) is 30.2 Å². The molecule has 1 saturated heterocycles. The van der Waals surface area contributed by atoms with Gasteiger partial charge in [-0.3, -0.25) is 14.5 Å². The van der Waals surface area contributed by atoms with E-state index in [0.29, 0.717) is 5.92 Å². The van der Waals surface area contributed by atoms with Crippen LogP contribution in [-0.2, 0) is 9.59 Å². The topological polar surface area (TPSA) is 57.6 Å². The highest BCUT2D eigenvalue weighted by Crippen LogP contribution is 2.34. The van der Waals surface area contributed by atoms with Crippen LogP contribution in [-0.4, -0.2) is 34.5 Å². The molecule has 2 amide bonds. The molecule has 2 fully saturated rings. The van der Waals surface area contributed by atoms with E-state index in [1.165, 1.54) is 4.90 Å². The van der Waals surface area contributed by atoms with Crippen molar-refractivity contribution in [2.75, 3.05) is 6.54 Å². The highest BCUT2D eigenvalue weighted by Gasteiger charge is 2.44. The fraction of sp³-hybridized carbons (Fsp3) is 0.818. The number of amides is 2. The third-order valence-electron chi connectivity index (χ3n) is 3.60. The molecule has 3 atom stereocenters. The molecule has 84 valence electrons. The van der Waals surface area contributed by atoms with Gasteiger partial charge in [-0.25, -0.2) is 0 Å².